The summed E-state index contributed by atoms with van der Waals surface area (Å²) in [6.45, 7) is 1.58. The molecule has 0 radical (unpaired) electrons. The van der Waals surface area contributed by atoms with Gasteiger partial charge in [0.1, 0.15) is 17.2 Å². The first-order valence-corrected chi connectivity index (χ1v) is 6.50. The fourth-order valence-electron chi connectivity index (χ4n) is 1.80. The number of halogens is 1. The van der Waals surface area contributed by atoms with Crippen LogP contribution in [-0.4, -0.2) is 17.7 Å². The smallest absolute Gasteiger partial charge is 0.315 e. The van der Waals surface area contributed by atoms with Gasteiger partial charge in [-0.15, -0.1) is 0 Å². The summed E-state index contributed by atoms with van der Waals surface area (Å²) in [4.78, 5) is 11.7. The highest BCUT2D eigenvalue weighted by Crippen LogP contribution is 2.19. The zero-order valence-corrected chi connectivity index (χ0v) is 11.6. The second-order valence-corrected chi connectivity index (χ2v) is 4.88. The Labute approximate surface area is 121 Å². The maximum atomic E-state index is 13.4. The van der Waals surface area contributed by atoms with E-state index in [1.54, 1.807) is 30.3 Å². The third-order valence-electron chi connectivity index (χ3n) is 3.04. The van der Waals surface area contributed by atoms with Gasteiger partial charge in [-0.2, -0.15) is 0 Å². The highest BCUT2D eigenvalue weighted by molar-refractivity contribution is 5.73. The lowest BCUT2D eigenvalue weighted by atomic mass is 10.0. The summed E-state index contributed by atoms with van der Waals surface area (Å²) in [5.74, 6) is -0.0164. The molecule has 2 aromatic rings. The van der Waals surface area contributed by atoms with Crippen molar-refractivity contribution in [3.63, 3.8) is 0 Å². The van der Waals surface area contributed by atoms with Crippen molar-refractivity contribution < 1.29 is 18.7 Å². The van der Waals surface area contributed by atoms with E-state index in [1.807, 2.05) is 0 Å². The fourth-order valence-corrected chi connectivity index (χ4v) is 1.80. The van der Waals surface area contributed by atoms with Crippen molar-refractivity contribution in [2.75, 3.05) is 6.54 Å². The molecular formula is C15H17FN2O3. The first kappa shape index (κ1) is 15.1. The van der Waals surface area contributed by atoms with E-state index in [9.17, 15) is 14.3 Å². The van der Waals surface area contributed by atoms with Gasteiger partial charge in [-0.1, -0.05) is 18.2 Å². The quantitative estimate of drug-likeness (QED) is 0.790. The van der Waals surface area contributed by atoms with Crippen LogP contribution in [0.4, 0.5) is 9.18 Å². The van der Waals surface area contributed by atoms with Crippen LogP contribution in [0, 0.1) is 5.82 Å². The van der Waals surface area contributed by atoms with Gasteiger partial charge in [0.15, 0.2) is 0 Å². The lowest BCUT2D eigenvalue weighted by Crippen LogP contribution is -2.43. The molecule has 0 saturated heterocycles. The number of amides is 2. The van der Waals surface area contributed by atoms with E-state index in [0.29, 0.717) is 11.3 Å². The summed E-state index contributed by atoms with van der Waals surface area (Å²) in [5.41, 5.74) is -0.913. The number of hydrogen-bond acceptors (Lipinski definition) is 3. The SMILES string of the molecule is CC(O)(CNC(=O)NCc1ccccc1F)c1ccco1. The number of hydrogen-bond donors (Lipinski definition) is 3. The average molecular weight is 292 g/mol. The normalized spacial score (nSPS) is 13.5. The van der Waals surface area contributed by atoms with Crippen LogP contribution in [0.5, 0.6) is 0 Å². The molecule has 0 aliphatic carbocycles. The number of nitrogens with one attached hydrogen (secondary N) is 2. The third kappa shape index (κ3) is 4.06. The van der Waals surface area contributed by atoms with Crippen LogP contribution in [0.15, 0.2) is 47.1 Å². The number of urea groups is 1. The zero-order chi connectivity index (χ0) is 15.3. The zero-order valence-electron chi connectivity index (χ0n) is 11.6. The molecule has 1 unspecified atom stereocenters. The summed E-state index contributed by atoms with van der Waals surface area (Å²) in [6.07, 6.45) is 1.45. The van der Waals surface area contributed by atoms with Gasteiger partial charge in [-0.3, -0.25) is 0 Å². The van der Waals surface area contributed by atoms with E-state index in [-0.39, 0.29) is 18.9 Å². The maximum absolute atomic E-state index is 13.4. The first-order chi connectivity index (χ1) is 9.99. The molecule has 0 bridgehead atoms. The van der Waals surface area contributed by atoms with E-state index >= 15 is 0 Å². The van der Waals surface area contributed by atoms with Crippen molar-refractivity contribution in [3.8, 4) is 0 Å². The molecule has 0 aliphatic heterocycles. The number of aliphatic hydroxyl groups is 1. The molecule has 21 heavy (non-hydrogen) atoms. The van der Waals surface area contributed by atoms with Crippen LogP contribution in [0.3, 0.4) is 0 Å². The van der Waals surface area contributed by atoms with Crippen molar-refractivity contribution in [1.82, 2.24) is 10.6 Å². The molecule has 0 saturated carbocycles. The van der Waals surface area contributed by atoms with Crippen molar-refractivity contribution >= 4 is 6.03 Å². The van der Waals surface area contributed by atoms with Crippen molar-refractivity contribution in [1.29, 1.82) is 0 Å². The number of rotatable bonds is 5. The maximum Gasteiger partial charge on any atom is 0.315 e. The van der Waals surface area contributed by atoms with Gasteiger partial charge in [0.2, 0.25) is 0 Å². The molecule has 1 aromatic heterocycles. The van der Waals surface area contributed by atoms with E-state index in [4.69, 9.17) is 4.42 Å². The second kappa shape index (κ2) is 6.41. The Balaban J connectivity index is 1.82. The second-order valence-electron chi connectivity index (χ2n) is 4.88. The van der Waals surface area contributed by atoms with Gasteiger partial charge >= 0.3 is 6.03 Å². The lowest BCUT2D eigenvalue weighted by Gasteiger charge is -2.21. The minimum absolute atomic E-state index is 0.0242. The number of carbonyl (C=O) groups is 1. The van der Waals surface area contributed by atoms with E-state index < -0.39 is 11.6 Å². The Morgan fingerprint density at radius 3 is 2.71 bits per heavy atom. The predicted molar refractivity (Wildman–Crippen MR) is 74.9 cm³/mol. The molecule has 0 spiro atoms. The largest absolute Gasteiger partial charge is 0.466 e. The van der Waals surface area contributed by atoms with Gasteiger partial charge in [0, 0.05) is 12.1 Å². The summed E-state index contributed by atoms with van der Waals surface area (Å²) in [5, 5.41) is 15.2. The number of furan rings is 1. The van der Waals surface area contributed by atoms with Crippen LogP contribution >= 0.6 is 0 Å². The van der Waals surface area contributed by atoms with E-state index in [0.717, 1.165) is 0 Å². The topological polar surface area (TPSA) is 74.5 Å². The molecule has 112 valence electrons. The Morgan fingerprint density at radius 1 is 1.29 bits per heavy atom. The van der Waals surface area contributed by atoms with Gasteiger partial charge < -0.3 is 20.2 Å². The van der Waals surface area contributed by atoms with Crippen LogP contribution in [0.2, 0.25) is 0 Å². The van der Waals surface area contributed by atoms with Gasteiger partial charge in [0.05, 0.1) is 12.8 Å². The van der Waals surface area contributed by atoms with Crippen LogP contribution < -0.4 is 10.6 Å². The average Bonchev–Trinajstić information content (AvgIpc) is 2.99. The summed E-state index contributed by atoms with van der Waals surface area (Å²) >= 11 is 0. The van der Waals surface area contributed by atoms with Crippen LogP contribution in [-0.2, 0) is 12.1 Å². The van der Waals surface area contributed by atoms with Crippen molar-refractivity contribution in [2.24, 2.45) is 0 Å². The molecule has 1 atom stereocenters. The van der Waals surface area contributed by atoms with Gasteiger partial charge in [-0.25, -0.2) is 9.18 Å². The molecule has 0 aliphatic rings. The lowest BCUT2D eigenvalue weighted by molar-refractivity contribution is 0.0367. The first-order valence-electron chi connectivity index (χ1n) is 6.50. The summed E-state index contributed by atoms with van der Waals surface area (Å²) < 4.78 is 18.5. The van der Waals surface area contributed by atoms with Crippen molar-refractivity contribution in [3.05, 3.63) is 59.8 Å². The molecule has 1 aromatic carbocycles. The molecule has 2 rings (SSSR count). The number of benzene rings is 1. The molecule has 0 fully saturated rings. The molecule has 3 N–H and O–H groups in total. The molecule has 1 heterocycles. The molecular weight excluding hydrogens is 275 g/mol. The summed E-state index contributed by atoms with van der Waals surface area (Å²) in [7, 11) is 0. The minimum atomic E-state index is -1.31. The highest BCUT2D eigenvalue weighted by atomic mass is 19.1. The highest BCUT2D eigenvalue weighted by Gasteiger charge is 2.26. The van der Waals surface area contributed by atoms with Crippen LogP contribution in [0.25, 0.3) is 0 Å². The fraction of sp³-hybridized carbons (Fsp3) is 0.267. The third-order valence-corrected chi connectivity index (χ3v) is 3.04. The van der Waals surface area contributed by atoms with Gasteiger partial charge in [-0.05, 0) is 25.1 Å². The van der Waals surface area contributed by atoms with Crippen molar-refractivity contribution in [2.45, 2.75) is 19.1 Å². The van der Waals surface area contributed by atoms with E-state index in [1.165, 1.54) is 19.3 Å². The minimum Gasteiger partial charge on any atom is -0.466 e. The van der Waals surface area contributed by atoms with E-state index in [2.05, 4.69) is 10.6 Å². The standard InChI is InChI=1S/C15H17FN2O3/c1-15(20,13-7-4-8-21-13)10-18-14(19)17-9-11-5-2-3-6-12(11)16/h2-8,20H,9-10H2,1H3,(H2,17,18,19). The Kier molecular flexibility index (Phi) is 4.59. The molecule has 2 amide bonds. The number of carbonyl (C=O) groups excluding carboxylic acids is 1. The monoisotopic (exact) mass is 292 g/mol. The van der Waals surface area contributed by atoms with Gasteiger partial charge in [0.25, 0.3) is 0 Å². The summed E-state index contributed by atoms with van der Waals surface area (Å²) in [6, 6.07) is 8.98. The molecule has 6 heteroatoms. The Bertz CT molecular complexity index is 597. The Hall–Kier alpha value is -2.34. The Morgan fingerprint density at radius 2 is 2.05 bits per heavy atom. The predicted octanol–water partition coefficient (Wildman–Crippen LogP) is 2.13. The molecule has 5 nitrogen and oxygen atoms in total. The van der Waals surface area contributed by atoms with Crippen LogP contribution in [0.1, 0.15) is 18.2 Å².